The van der Waals surface area contributed by atoms with Gasteiger partial charge >= 0.3 is 5.97 Å². The lowest BCUT2D eigenvalue weighted by Crippen LogP contribution is -2.35. The largest absolute Gasteiger partial charge is 0.480 e. The molecule has 0 radical (unpaired) electrons. The second kappa shape index (κ2) is 7.09. The minimum absolute atomic E-state index is 0.0435. The van der Waals surface area contributed by atoms with E-state index in [9.17, 15) is 13.2 Å². The topological polar surface area (TPSA) is 74.7 Å². The predicted molar refractivity (Wildman–Crippen MR) is 92.8 cm³/mol. The number of carbonyl (C=O) groups is 1. The summed E-state index contributed by atoms with van der Waals surface area (Å²) in [6.07, 6.45) is 0. The van der Waals surface area contributed by atoms with Crippen molar-refractivity contribution >= 4 is 60.8 Å². The Bertz CT molecular complexity index is 820. The number of rotatable bonds is 5. The standard InChI is InChI=1S/C14H10BrCl2NO4S/c15-9-1-3-13(4-2-9)23(21,22)18(8-14(19)20)12-6-10(16)5-11(17)7-12/h1-7H,8H2,(H,19,20). The zero-order valence-corrected chi connectivity index (χ0v) is 15.3. The van der Waals surface area contributed by atoms with Gasteiger partial charge in [0.25, 0.3) is 10.0 Å². The maximum atomic E-state index is 12.8. The molecule has 23 heavy (non-hydrogen) atoms. The van der Waals surface area contributed by atoms with E-state index in [2.05, 4.69) is 15.9 Å². The lowest BCUT2D eigenvalue weighted by molar-refractivity contribution is -0.135. The third-order valence-corrected chi connectivity index (χ3v) is 5.57. The summed E-state index contributed by atoms with van der Waals surface area (Å²) in [5, 5.41) is 9.46. The molecule has 122 valence electrons. The third-order valence-electron chi connectivity index (χ3n) is 2.82. The van der Waals surface area contributed by atoms with Crippen LogP contribution in [0.15, 0.2) is 51.8 Å². The number of hydrogen-bond acceptors (Lipinski definition) is 3. The van der Waals surface area contributed by atoms with Crippen molar-refractivity contribution in [1.82, 2.24) is 0 Å². The van der Waals surface area contributed by atoms with Gasteiger partial charge in [-0.2, -0.15) is 0 Å². The molecule has 0 saturated heterocycles. The smallest absolute Gasteiger partial charge is 0.324 e. The summed E-state index contributed by atoms with van der Waals surface area (Å²) in [6, 6.07) is 9.96. The average molecular weight is 439 g/mol. The van der Waals surface area contributed by atoms with Crippen LogP contribution in [-0.2, 0) is 14.8 Å². The zero-order chi connectivity index (χ0) is 17.2. The summed E-state index contributed by atoms with van der Waals surface area (Å²) >= 11 is 15.0. The summed E-state index contributed by atoms with van der Waals surface area (Å²) in [7, 11) is -4.09. The highest BCUT2D eigenvalue weighted by Crippen LogP contribution is 2.29. The number of nitrogens with zero attached hydrogens (tertiary/aromatic N) is 1. The first-order chi connectivity index (χ1) is 10.7. The molecule has 0 spiro atoms. The molecule has 0 aromatic heterocycles. The van der Waals surface area contributed by atoms with Gasteiger partial charge in [-0.15, -0.1) is 0 Å². The first kappa shape index (κ1) is 18.1. The van der Waals surface area contributed by atoms with E-state index in [0.29, 0.717) is 4.47 Å². The molecule has 0 aliphatic heterocycles. The molecule has 0 atom stereocenters. The van der Waals surface area contributed by atoms with E-state index in [1.54, 1.807) is 12.1 Å². The van der Waals surface area contributed by atoms with Gasteiger partial charge in [0.2, 0.25) is 0 Å². The molecule has 0 bridgehead atoms. The fourth-order valence-corrected chi connectivity index (χ4v) is 4.03. The van der Waals surface area contributed by atoms with Crippen LogP contribution < -0.4 is 4.31 Å². The molecular weight excluding hydrogens is 429 g/mol. The molecule has 0 amide bonds. The van der Waals surface area contributed by atoms with Crippen molar-refractivity contribution in [3.05, 3.63) is 57.0 Å². The van der Waals surface area contributed by atoms with Crippen LogP contribution in [0.3, 0.4) is 0 Å². The molecule has 0 aliphatic carbocycles. The molecule has 2 aromatic rings. The SMILES string of the molecule is O=C(O)CN(c1cc(Cl)cc(Cl)c1)S(=O)(=O)c1ccc(Br)cc1. The fraction of sp³-hybridized carbons (Fsp3) is 0.0714. The van der Waals surface area contributed by atoms with Crippen LogP contribution in [-0.4, -0.2) is 26.0 Å². The second-order valence-electron chi connectivity index (χ2n) is 4.49. The number of hydrogen-bond donors (Lipinski definition) is 1. The van der Waals surface area contributed by atoms with Gasteiger partial charge in [-0.1, -0.05) is 39.1 Å². The van der Waals surface area contributed by atoms with Gasteiger partial charge < -0.3 is 5.11 Å². The van der Waals surface area contributed by atoms with Crippen LogP contribution in [0.5, 0.6) is 0 Å². The Kier molecular flexibility index (Phi) is 5.57. The Morgan fingerprint density at radius 2 is 1.61 bits per heavy atom. The van der Waals surface area contributed by atoms with Crippen LogP contribution in [0.25, 0.3) is 0 Å². The second-order valence-corrected chi connectivity index (χ2v) is 8.14. The first-order valence-corrected chi connectivity index (χ1v) is 9.15. The van der Waals surface area contributed by atoms with Crippen molar-refractivity contribution in [2.24, 2.45) is 0 Å². The molecule has 9 heteroatoms. The van der Waals surface area contributed by atoms with Gasteiger partial charge in [0.05, 0.1) is 10.6 Å². The van der Waals surface area contributed by atoms with E-state index < -0.39 is 22.5 Å². The van der Waals surface area contributed by atoms with Gasteiger partial charge in [-0.3, -0.25) is 9.10 Å². The van der Waals surface area contributed by atoms with Gasteiger partial charge in [0.1, 0.15) is 6.54 Å². The highest BCUT2D eigenvalue weighted by molar-refractivity contribution is 9.10. The normalized spacial score (nSPS) is 11.3. The van der Waals surface area contributed by atoms with Crippen molar-refractivity contribution in [1.29, 1.82) is 0 Å². The lowest BCUT2D eigenvalue weighted by Gasteiger charge is -2.23. The molecular formula is C14H10BrCl2NO4S. The maximum Gasteiger partial charge on any atom is 0.324 e. The first-order valence-electron chi connectivity index (χ1n) is 6.16. The number of carboxylic acids is 1. The quantitative estimate of drug-likeness (QED) is 0.764. The van der Waals surface area contributed by atoms with Crippen LogP contribution >= 0.6 is 39.1 Å². The minimum Gasteiger partial charge on any atom is -0.480 e. The number of sulfonamides is 1. The Morgan fingerprint density at radius 3 is 2.09 bits per heavy atom. The van der Waals surface area contributed by atoms with Gasteiger partial charge in [0.15, 0.2) is 0 Å². The fourth-order valence-electron chi connectivity index (χ4n) is 1.85. The van der Waals surface area contributed by atoms with Gasteiger partial charge in [-0.25, -0.2) is 8.42 Å². The Balaban J connectivity index is 2.57. The summed E-state index contributed by atoms with van der Waals surface area (Å²) < 4.78 is 27.0. The van der Waals surface area contributed by atoms with Crippen LogP contribution in [0, 0.1) is 0 Å². The number of benzene rings is 2. The van der Waals surface area contributed by atoms with Crippen LogP contribution in [0.1, 0.15) is 0 Å². The molecule has 2 rings (SSSR count). The van der Waals surface area contributed by atoms with E-state index >= 15 is 0 Å². The highest BCUT2D eigenvalue weighted by Gasteiger charge is 2.27. The number of aliphatic carboxylic acids is 1. The monoisotopic (exact) mass is 437 g/mol. The number of anilines is 1. The average Bonchev–Trinajstić information content (AvgIpc) is 2.43. The third kappa shape index (κ3) is 4.38. The molecule has 1 N–H and O–H groups in total. The van der Waals surface area contributed by atoms with E-state index in [-0.39, 0.29) is 20.6 Å². The summed E-state index contributed by atoms with van der Waals surface area (Å²) in [5.41, 5.74) is 0.0767. The zero-order valence-electron chi connectivity index (χ0n) is 11.4. The molecule has 0 heterocycles. The lowest BCUT2D eigenvalue weighted by atomic mass is 10.3. The van der Waals surface area contributed by atoms with Crippen molar-refractivity contribution in [2.45, 2.75) is 4.90 Å². The summed E-state index contributed by atoms with van der Waals surface area (Å²) in [6.45, 7) is -0.755. The van der Waals surface area contributed by atoms with Crippen molar-refractivity contribution in [3.63, 3.8) is 0 Å². The van der Waals surface area contributed by atoms with Crippen molar-refractivity contribution in [3.8, 4) is 0 Å². The Morgan fingerprint density at radius 1 is 1.09 bits per heavy atom. The molecule has 0 fully saturated rings. The summed E-state index contributed by atoms with van der Waals surface area (Å²) in [4.78, 5) is 11.1. The summed E-state index contributed by atoms with van der Waals surface area (Å²) in [5.74, 6) is -1.30. The molecule has 0 saturated carbocycles. The highest BCUT2D eigenvalue weighted by atomic mass is 79.9. The number of halogens is 3. The maximum absolute atomic E-state index is 12.8. The molecule has 5 nitrogen and oxygen atoms in total. The van der Waals surface area contributed by atoms with Crippen molar-refractivity contribution < 1.29 is 18.3 Å². The van der Waals surface area contributed by atoms with Crippen molar-refractivity contribution in [2.75, 3.05) is 10.8 Å². The molecule has 0 unspecified atom stereocenters. The predicted octanol–water partition coefficient (Wildman–Crippen LogP) is 4.04. The van der Waals surface area contributed by atoms with Gasteiger partial charge in [0, 0.05) is 14.5 Å². The number of carboxylic acid groups (broad SMARTS) is 1. The van der Waals surface area contributed by atoms with E-state index in [1.165, 1.54) is 30.3 Å². The van der Waals surface area contributed by atoms with E-state index in [0.717, 1.165) is 4.31 Å². The Labute approximate surface area is 151 Å². The Hall–Kier alpha value is -1.28. The minimum atomic E-state index is -4.09. The van der Waals surface area contributed by atoms with E-state index in [1.807, 2.05) is 0 Å². The van der Waals surface area contributed by atoms with Gasteiger partial charge in [-0.05, 0) is 42.5 Å². The van der Waals surface area contributed by atoms with Crippen LogP contribution in [0.2, 0.25) is 10.0 Å². The van der Waals surface area contributed by atoms with E-state index in [4.69, 9.17) is 28.3 Å². The van der Waals surface area contributed by atoms with Crippen LogP contribution in [0.4, 0.5) is 5.69 Å². The molecule has 0 aliphatic rings. The molecule has 2 aromatic carbocycles.